The van der Waals surface area contributed by atoms with Crippen molar-refractivity contribution in [3.63, 3.8) is 0 Å². The summed E-state index contributed by atoms with van der Waals surface area (Å²) in [5.41, 5.74) is 2.27. The second kappa shape index (κ2) is 8.09. The summed E-state index contributed by atoms with van der Waals surface area (Å²) in [4.78, 5) is 17.5. The number of anilines is 2. The molecule has 2 aromatic carbocycles. The Balaban J connectivity index is 1.40. The number of hydrogen-bond donors (Lipinski definition) is 1. The van der Waals surface area contributed by atoms with Gasteiger partial charge < -0.3 is 10.2 Å². The molecular formula is C21H23Cl2N3O. The summed E-state index contributed by atoms with van der Waals surface area (Å²) in [6.07, 6.45) is 2.80. The van der Waals surface area contributed by atoms with E-state index in [1.54, 1.807) is 18.2 Å². The summed E-state index contributed by atoms with van der Waals surface area (Å²) in [5, 5.41) is 3.81. The molecule has 0 aromatic heterocycles. The monoisotopic (exact) mass is 403 g/mol. The van der Waals surface area contributed by atoms with Crippen LogP contribution in [0.5, 0.6) is 0 Å². The molecule has 1 saturated heterocycles. The number of amides is 1. The third-order valence-corrected chi connectivity index (χ3v) is 5.79. The molecule has 1 amide bonds. The van der Waals surface area contributed by atoms with Gasteiger partial charge in [-0.05, 0) is 55.2 Å². The zero-order valence-electron chi connectivity index (χ0n) is 15.1. The highest BCUT2D eigenvalue weighted by Crippen LogP contribution is 2.30. The van der Waals surface area contributed by atoms with Crippen molar-refractivity contribution in [1.82, 2.24) is 4.90 Å². The molecule has 6 heteroatoms. The van der Waals surface area contributed by atoms with Gasteiger partial charge in [0.15, 0.2) is 0 Å². The topological polar surface area (TPSA) is 35.6 Å². The molecule has 0 bridgehead atoms. The Morgan fingerprint density at radius 1 is 1.04 bits per heavy atom. The van der Waals surface area contributed by atoms with Gasteiger partial charge in [0.1, 0.15) is 0 Å². The predicted octanol–water partition coefficient (Wildman–Crippen LogP) is 4.78. The average Bonchev–Trinajstić information content (AvgIpc) is 3.48. The van der Waals surface area contributed by atoms with Crippen molar-refractivity contribution < 1.29 is 4.79 Å². The third-order valence-electron chi connectivity index (χ3n) is 5.23. The smallest absolute Gasteiger partial charge is 0.257 e. The van der Waals surface area contributed by atoms with Crippen molar-refractivity contribution in [2.75, 3.05) is 42.9 Å². The van der Waals surface area contributed by atoms with Crippen LogP contribution in [0.1, 0.15) is 23.2 Å². The largest absolute Gasteiger partial charge is 0.369 e. The van der Waals surface area contributed by atoms with Crippen LogP contribution in [-0.2, 0) is 0 Å². The molecule has 4 nitrogen and oxygen atoms in total. The van der Waals surface area contributed by atoms with Crippen LogP contribution in [0.3, 0.4) is 0 Å². The standard InChI is InChI=1S/C21H23Cl2N3O/c22-16-6-7-20(23)19(12-16)21(27)24-17-2-1-3-18(13-17)26-10-8-25(9-11-26)14-15-4-5-15/h1-3,6-7,12-13,15H,4-5,8-11,14H2,(H,24,27). The van der Waals surface area contributed by atoms with E-state index in [0.717, 1.165) is 43.5 Å². The van der Waals surface area contributed by atoms with Crippen molar-refractivity contribution >= 4 is 40.5 Å². The van der Waals surface area contributed by atoms with Crippen LogP contribution in [0.2, 0.25) is 10.0 Å². The first kappa shape index (κ1) is 18.6. The van der Waals surface area contributed by atoms with Gasteiger partial charge in [-0.1, -0.05) is 29.3 Å². The number of rotatable bonds is 5. The van der Waals surface area contributed by atoms with Crippen molar-refractivity contribution in [3.05, 3.63) is 58.1 Å². The Bertz CT molecular complexity index is 830. The Morgan fingerprint density at radius 2 is 1.81 bits per heavy atom. The average molecular weight is 404 g/mol. The molecular weight excluding hydrogens is 381 g/mol. The second-order valence-corrected chi connectivity index (χ2v) is 8.20. The van der Waals surface area contributed by atoms with E-state index in [2.05, 4.69) is 21.2 Å². The molecule has 1 heterocycles. The van der Waals surface area contributed by atoms with Crippen LogP contribution >= 0.6 is 23.2 Å². The maximum atomic E-state index is 12.6. The molecule has 1 aliphatic carbocycles. The quantitative estimate of drug-likeness (QED) is 0.779. The van der Waals surface area contributed by atoms with Gasteiger partial charge in [-0.15, -0.1) is 0 Å². The summed E-state index contributed by atoms with van der Waals surface area (Å²) in [7, 11) is 0. The van der Waals surface area contributed by atoms with Crippen molar-refractivity contribution in [2.45, 2.75) is 12.8 Å². The van der Waals surface area contributed by atoms with Crippen LogP contribution < -0.4 is 10.2 Å². The molecule has 1 N–H and O–H groups in total. The van der Waals surface area contributed by atoms with Crippen LogP contribution in [0.25, 0.3) is 0 Å². The molecule has 2 fully saturated rings. The van der Waals surface area contributed by atoms with Crippen LogP contribution in [0, 0.1) is 5.92 Å². The maximum absolute atomic E-state index is 12.6. The highest BCUT2D eigenvalue weighted by Gasteiger charge is 2.26. The second-order valence-electron chi connectivity index (χ2n) is 7.36. The number of benzene rings is 2. The molecule has 2 aliphatic rings. The lowest BCUT2D eigenvalue weighted by atomic mass is 10.2. The molecule has 4 rings (SSSR count). The summed E-state index contributed by atoms with van der Waals surface area (Å²) in [5.74, 6) is 0.683. The number of carbonyl (C=O) groups is 1. The molecule has 0 radical (unpaired) electrons. The van der Waals surface area contributed by atoms with Gasteiger partial charge in [-0.2, -0.15) is 0 Å². The Kier molecular flexibility index (Phi) is 5.58. The molecule has 2 aromatic rings. The first-order valence-corrected chi connectivity index (χ1v) is 10.2. The summed E-state index contributed by atoms with van der Waals surface area (Å²) < 4.78 is 0. The van der Waals surface area contributed by atoms with E-state index in [9.17, 15) is 4.79 Å². The van der Waals surface area contributed by atoms with E-state index < -0.39 is 0 Å². The van der Waals surface area contributed by atoms with E-state index in [0.29, 0.717) is 15.6 Å². The molecule has 0 atom stereocenters. The fourth-order valence-electron chi connectivity index (χ4n) is 3.50. The van der Waals surface area contributed by atoms with Crippen LogP contribution in [0.15, 0.2) is 42.5 Å². The van der Waals surface area contributed by atoms with E-state index in [-0.39, 0.29) is 5.91 Å². The zero-order valence-corrected chi connectivity index (χ0v) is 16.6. The molecule has 1 aliphatic heterocycles. The predicted molar refractivity (Wildman–Crippen MR) is 112 cm³/mol. The van der Waals surface area contributed by atoms with Crippen molar-refractivity contribution in [1.29, 1.82) is 0 Å². The fraction of sp³-hybridized carbons (Fsp3) is 0.381. The number of carbonyl (C=O) groups excluding carboxylic acids is 1. The normalized spacial score (nSPS) is 17.8. The van der Waals surface area contributed by atoms with Gasteiger partial charge >= 0.3 is 0 Å². The van der Waals surface area contributed by atoms with Gasteiger partial charge in [0.2, 0.25) is 0 Å². The SMILES string of the molecule is O=C(Nc1cccc(N2CCN(CC3CC3)CC2)c1)c1cc(Cl)ccc1Cl. The van der Waals surface area contributed by atoms with Gasteiger partial charge in [-0.25, -0.2) is 0 Å². The number of halogens is 2. The number of nitrogens with zero attached hydrogens (tertiary/aromatic N) is 2. The summed E-state index contributed by atoms with van der Waals surface area (Å²) >= 11 is 12.1. The lowest BCUT2D eigenvalue weighted by molar-refractivity contribution is 0.102. The Labute approximate surface area is 170 Å². The number of piperazine rings is 1. The number of nitrogens with one attached hydrogen (secondary N) is 1. The number of hydrogen-bond acceptors (Lipinski definition) is 3. The van der Waals surface area contributed by atoms with Gasteiger partial charge in [0, 0.05) is 49.1 Å². The van der Waals surface area contributed by atoms with Gasteiger partial charge in [-0.3, -0.25) is 9.69 Å². The van der Waals surface area contributed by atoms with E-state index in [1.807, 2.05) is 18.2 Å². The third kappa shape index (κ3) is 4.75. The van der Waals surface area contributed by atoms with Gasteiger partial charge in [0.05, 0.1) is 10.6 Å². The maximum Gasteiger partial charge on any atom is 0.257 e. The van der Waals surface area contributed by atoms with Crippen molar-refractivity contribution in [3.8, 4) is 0 Å². The van der Waals surface area contributed by atoms with Crippen molar-refractivity contribution in [2.24, 2.45) is 5.92 Å². The zero-order chi connectivity index (χ0) is 18.8. The Morgan fingerprint density at radius 3 is 2.56 bits per heavy atom. The van der Waals surface area contributed by atoms with E-state index >= 15 is 0 Å². The lowest BCUT2D eigenvalue weighted by Gasteiger charge is -2.36. The lowest BCUT2D eigenvalue weighted by Crippen LogP contribution is -2.47. The van der Waals surface area contributed by atoms with Crippen LogP contribution in [0.4, 0.5) is 11.4 Å². The molecule has 0 spiro atoms. The Hall–Kier alpha value is -1.75. The van der Waals surface area contributed by atoms with E-state index in [1.165, 1.54) is 19.4 Å². The highest BCUT2D eigenvalue weighted by atomic mass is 35.5. The highest BCUT2D eigenvalue weighted by molar-refractivity contribution is 6.36. The first-order valence-electron chi connectivity index (χ1n) is 9.42. The first-order chi connectivity index (χ1) is 13.1. The molecule has 1 saturated carbocycles. The fourth-order valence-corrected chi connectivity index (χ4v) is 3.88. The molecule has 27 heavy (non-hydrogen) atoms. The summed E-state index contributed by atoms with van der Waals surface area (Å²) in [6, 6.07) is 12.9. The van der Waals surface area contributed by atoms with Gasteiger partial charge in [0.25, 0.3) is 5.91 Å². The molecule has 0 unspecified atom stereocenters. The molecule has 142 valence electrons. The van der Waals surface area contributed by atoms with Crippen LogP contribution in [-0.4, -0.2) is 43.5 Å². The minimum atomic E-state index is -0.256. The minimum absolute atomic E-state index is 0.256. The summed E-state index contributed by atoms with van der Waals surface area (Å²) in [6.45, 7) is 5.50. The minimum Gasteiger partial charge on any atom is -0.369 e. The van der Waals surface area contributed by atoms with E-state index in [4.69, 9.17) is 23.2 Å².